The topological polar surface area (TPSA) is 119 Å². The monoisotopic (exact) mass is 498 g/mol. The number of hydrogen-bond donors (Lipinski definition) is 2. The Morgan fingerprint density at radius 1 is 0.914 bits per heavy atom. The highest BCUT2D eigenvalue weighted by atomic mass is 32.2. The van der Waals surface area contributed by atoms with Gasteiger partial charge in [-0.15, -0.1) is 0 Å². The number of nitrogens with one attached hydrogen (secondary N) is 2. The molecule has 35 heavy (non-hydrogen) atoms. The zero-order valence-electron chi connectivity index (χ0n) is 19.2. The summed E-state index contributed by atoms with van der Waals surface area (Å²) in [4.78, 5) is 36.2. The smallest absolute Gasteiger partial charge is 0.338 e. The highest BCUT2D eigenvalue weighted by molar-refractivity contribution is 7.92. The van der Waals surface area contributed by atoms with Gasteiger partial charge in [0.1, 0.15) is 5.82 Å². The molecule has 0 aliphatic heterocycles. The third-order valence-electron chi connectivity index (χ3n) is 5.05. The van der Waals surface area contributed by atoms with Crippen molar-refractivity contribution in [1.29, 1.82) is 0 Å². The molecule has 0 saturated carbocycles. The van der Waals surface area contributed by atoms with E-state index in [4.69, 9.17) is 4.74 Å². The normalized spacial score (nSPS) is 11.9. The van der Waals surface area contributed by atoms with Crippen LogP contribution in [0.4, 0.5) is 15.8 Å². The number of esters is 1. The molecular weight excluding hydrogens is 475 g/mol. The van der Waals surface area contributed by atoms with Crippen molar-refractivity contribution in [1.82, 2.24) is 0 Å². The van der Waals surface area contributed by atoms with Crippen LogP contribution in [0.5, 0.6) is 0 Å². The Morgan fingerprint density at radius 2 is 1.51 bits per heavy atom. The second-order valence-electron chi connectivity index (χ2n) is 7.76. The standard InChI is InChI=1S/C25H23FN2O6S/c1-15-4-5-19(14-23(15)28-35(32,33)22-12-8-20(26)9-13-22)25(31)34-17(3)24(30)27-21-10-6-18(7-11-21)16(2)29/h4-14,17,28H,1-3H3,(H,27,30)/t17-/m0/s1. The van der Waals surface area contributed by atoms with Crippen molar-refractivity contribution >= 4 is 39.1 Å². The van der Waals surface area contributed by atoms with Crippen molar-refractivity contribution in [3.63, 3.8) is 0 Å². The summed E-state index contributed by atoms with van der Waals surface area (Å²) in [5.41, 5.74) is 1.61. The van der Waals surface area contributed by atoms with Crippen LogP contribution in [0, 0.1) is 12.7 Å². The molecular formula is C25H23FN2O6S. The Morgan fingerprint density at radius 3 is 2.11 bits per heavy atom. The fourth-order valence-electron chi connectivity index (χ4n) is 2.99. The number of sulfonamides is 1. The molecule has 3 aromatic carbocycles. The molecule has 182 valence electrons. The Labute approximate surface area is 202 Å². The van der Waals surface area contributed by atoms with Crippen molar-refractivity contribution in [3.05, 3.63) is 89.2 Å². The van der Waals surface area contributed by atoms with Crippen LogP contribution in [0.1, 0.15) is 40.1 Å². The van der Waals surface area contributed by atoms with Crippen LogP contribution in [-0.2, 0) is 19.6 Å². The molecule has 2 N–H and O–H groups in total. The van der Waals surface area contributed by atoms with Crippen LogP contribution in [0.2, 0.25) is 0 Å². The molecule has 3 aromatic rings. The maximum Gasteiger partial charge on any atom is 0.338 e. The Balaban J connectivity index is 1.69. The van der Waals surface area contributed by atoms with Gasteiger partial charge in [0.05, 0.1) is 16.1 Å². The average molecular weight is 499 g/mol. The van der Waals surface area contributed by atoms with E-state index in [9.17, 15) is 27.2 Å². The van der Waals surface area contributed by atoms with Gasteiger partial charge in [-0.3, -0.25) is 14.3 Å². The fourth-order valence-corrected chi connectivity index (χ4v) is 4.11. The first-order chi connectivity index (χ1) is 16.5. The van der Waals surface area contributed by atoms with Gasteiger partial charge in [0.25, 0.3) is 15.9 Å². The van der Waals surface area contributed by atoms with Gasteiger partial charge in [-0.25, -0.2) is 17.6 Å². The highest BCUT2D eigenvalue weighted by Gasteiger charge is 2.21. The number of ether oxygens (including phenoxy) is 1. The summed E-state index contributed by atoms with van der Waals surface area (Å²) in [6.45, 7) is 4.47. The van der Waals surface area contributed by atoms with Crippen molar-refractivity contribution in [3.8, 4) is 0 Å². The SMILES string of the molecule is CC(=O)c1ccc(NC(=O)[C@H](C)OC(=O)c2ccc(C)c(NS(=O)(=O)c3ccc(F)cc3)c2)cc1. The van der Waals surface area contributed by atoms with E-state index in [1.165, 1.54) is 32.0 Å². The maximum absolute atomic E-state index is 13.1. The lowest BCUT2D eigenvalue weighted by molar-refractivity contribution is -0.123. The lowest BCUT2D eigenvalue weighted by Gasteiger charge is -2.15. The van der Waals surface area contributed by atoms with E-state index in [1.54, 1.807) is 31.2 Å². The van der Waals surface area contributed by atoms with Gasteiger partial charge in [0.15, 0.2) is 11.9 Å². The summed E-state index contributed by atoms with van der Waals surface area (Å²) in [5.74, 6) is -2.10. The number of anilines is 2. The average Bonchev–Trinajstić information content (AvgIpc) is 2.80. The molecule has 0 aliphatic rings. The van der Waals surface area contributed by atoms with Gasteiger partial charge in [0, 0.05) is 11.3 Å². The van der Waals surface area contributed by atoms with Gasteiger partial charge < -0.3 is 10.1 Å². The van der Waals surface area contributed by atoms with Crippen LogP contribution >= 0.6 is 0 Å². The fraction of sp³-hybridized carbons (Fsp3) is 0.160. The minimum atomic E-state index is -4.03. The van der Waals surface area contributed by atoms with E-state index in [-0.39, 0.29) is 21.9 Å². The molecule has 10 heteroatoms. The van der Waals surface area contributed by atoms with Gasteiger partial charge >= 0.3 is 5.97 Å². The lowest BCUT2D eigenvalue weighted by atomic mass is 10.1. The molecule has 0 heterocycles. The number of carbonyl (C=O) groups is 3. The van der Waals surface area contributed by atoms with Gasteiger partial charge in [0.2, 0.25) is 0 Å². The molecule has 8 nitrogen and oxygen atoms in total. The first kappa shape index (κ1) is 25.6. The van der Waals surface area contributed by atoms with E-state index in [0.717, 1.165) is 24.3 Å². The molecule has 3 rings (SSSR count). The molecule has 1 amide bonds. The highest BCUT2D eigenvalue weighted by Crippen LogP contribution is 2.22. The first-order valence-electron chi connectivity index (χ1n) is 10.5. The van der Waals surface area contributed by atoms with Crippen molar-refractivity contribution in [2.24, 2.45) is 0 Å². The number of hydrogen-bond acceptors (Lipinski definition) is 6. The van der Waals surface area contributed by atoms with Crippen LogP contribution in [-0.4, -0.2) is 32.2 Å². The number of Topliss-reactive ketones (excluding diaryl/α,β-unsaturated/α-hetero) is 1. The zero-order chi connectivity index (χ0) is 25.8. The second-order valence-corrected chi connectivity index (χ2v) is 9.44. The molecule has 0 bridgehead atoms. The number of benzene rings is 3. The van der Waals surface area contributed by atoms with E-state index < -0.39 is 33.8 Å². The largest absolute Gasteiger partial charge is 0.449 e. The Hall–Kier alpha value is -4.05. The zero-order valence-corrected chi connectivity index (χ0v) is 20.0. The molecule has 0 fully saturated rings. The van der Waals surface area contributed by atoms with Crippen molar-refractivity contribution in [2.75, 3.05) is 10.0 Å². The summed E-state index contributed by atoms with van der Waals surface area (Å²) >= 11 is 0. The molecule has 0 aromatic heterocycles. The molecule has 0 saturated heterocycles. The summed E-state index contributed by atoms with van der Waals surface area (Å²) in [7, 11) is -4.03. The van der Waals surface area contributed by atoms with Crippen LogP contribution < -0.4 is 10.0 Å². The van der Waals surface area contributed by atoms with Crippen LogP contribution in [0.3, 0.4) is 0 Å². The minimum absolute atomic E-state index is 0.0258. The molecule has 0 unspecified atom stereocenters. The van der Waals surface area contributed by atoms with Crippen molar-refractivity contribution in [2.45, 2.75) is 31.8 Å². The lowest BCUT2D eigenvalue weighted by Crippen LogP contribution is -2.30. The Bertz CT molecular complexity index is 1370. The van der Waals surface area contributed by atoms with Gasteiger partial charge in [-0.05, 0) is 87.0 Å². The number of aryl methyl sites for hydroxylation is 1. The third kappa shape index (κ3) is 6.51. The third-order valence-corrected chi connectivity index (χ3v) is 6.43. The van der Waals surface area contributed by atoms with E-state index >= 15 is 0 Å². The predicted molar refractivity (Wildman–Crippen MR) is 128 cm³/mol. The summed E-state index contributed by atoms with van der Waals surface area (Å²) < 4.78 is 46.0. The number of amides is 1. The van der Waals surface area contributed by atoms with Crippen molar-refractivity contribution < 1.29 is 31.9 Å². The Kier molecular flexibility index (Phi) is 7.65. The van der Waals surface area contributed by atoms with E-state index in [0.29, 0.717) is 16.8 Å². The minimum Gasteiger partial charge on any atom is -0.449 e. The number of rotatable bonds is 8. The van der Waals surface area contributed by atoms with Gasteiger partial charge in [-0.1, -0.05) is 6.07 Å². The quantitative estimate of drug-likeness (QED) is 0.353. The van der Waals surface area contributed by atoms with E-state index in [2.05, 4.69) is 10.0 Å². The predicted octanol–water partition coefficient (Wildman–Crippen LogP) is 4.32. The molecule has 1 atom stereocenters. The number of ketones is 1. The summed E-state index contributed by atoms with van der Waals surface area (Å²) in [6.07, 6.45) is -1.16. The van der Waals surface area contributed by atoms with Crippen LogP contribution in [0.25, 0.3) is 0 Å². The summed E-state index contributed by atoms with van der Waals surface area (Å²) in [6, 6.07) is 14.8. The number of carbonyl (C=O) groups excluding carboxylic acids is 3. The van der Waals surface area contributed by atoms with Gasteiger partial charge in [-0.2, -0.15) is 0 Å². The second kappa shape index (κ2) is 10.5. The van der Waals surface area contributed by atoms with Crippen LogP contribution in [0.15, 0.2) is 71.6 Å². The molecule has 0 spiro atoms. The maximum atomic E-state index is 13.1. The molecule has 0 radical (unpaired) electrons. The number of halogens is 1. The van der Waals surface area contributed by atoms with E-state index in [1.807, 2.05) is 0 Å². The molecule has 0 aliphatic carbocycles. The first-order valence-corrected chi connectivity index (χ1v) is 12.0. The summed E-state index contributed by atoms with van der Waals surface area (Å²) in [5, 5.41) is 2.59.